The molecule has 1 saturated heterocycles. The van der Waals surface area contributed by atoms with Gasteiger partial charge in [-0.15, -0.1) is 0 Å². The van der Waals surface area contributed by atoms with Crippen LogP contribution in [0.4, 0.5) is 11.4 Å². The molecular weight excluding hydrogens is 370 g/mol. The summed E-state index contributed by atoms with van der Waals surface area (Å²) in [4.78, 5) is 31.8. The minimum atomic E-state index is -1.64. The Morgan fingerprint density at radius 2 is 1.93 bits per heavy atom. The van der Waals surface area contributed by atoms with Crippen LogP contribution in [0.25, 0.3) is 0 Å². The van der Waals surface area contributed by atoms with Gasteiger partial charge in [0.25, 0.3) is 5.69 Å². The van der Waals surface area contributed by atoms with E-state index in [4.69, 9.17) is 9.47 Å². The molecule has 0 saturated carbocycles. The summed E-state index contributed by atoms with van der Waals surface area (Å²) in [5.41, 5.74) is -1.12. The molecule has 1 fully saturated rings. The van der Waals surface area contributed by atoms with Crippen LogP contribution in [0.5, 0.6) is 5.75 Å². The van der Waals surface area contributed by atoms with Gasteiger partial charge in [0.2, 0.25) is 17.9 Å². The number of amides is 1. The first-order valence-corrected chi connectivity index (χ1v) is 7.64. The molecular formula is C14H17N3O10. The van der Waals surface area contributed by atoms with E-state index >= 15 is 0 Å². The van der Waals surface area contributed by atoms with Crippen LogP contribution < -0.4 is 10.1 Å². The zero-order valence-electron chi connectivity index (χ0n) is 13.9. The molecule has 1 aliphatic heterocycles. The Hall–Kier alpha value is -2.87. The highest BCUT2D eigenvalue weighted by Crippen LogP contribution is 2.34. The first-order valence-electron chi connectivity index (χ1n) is 7.64. The number of hydrogen-bond donors (Lipinski definition) is 4. The van der Waals surface area contributed by atoms with Crippen molar-refractivity contribution in [2.24, 2.45) is 0 Å². The summed E-state index contributed by atoms with van der Waals surface area (Å²) in [6.45, 7) is 0.395. The molecule has 13 nitrogen and oxygen atoms in total. The van der Waals surface area contributed by atoms with Gasteiger partial charge in [0.1, 0.15) is 24.4 Å². The number of non-ortho nitro benzene ring substituents is 1. The highest BCUT2D eigenvalue weighted by atomic mass is 16.7. The van der Waals surface area contributed by atoms with Crippen LogP contribution in [0.1, 0.15) is 6.92 Å². The normalized spacial score (nSPS) is 27.6. The van der Waals surface area contributed by atoms with Crippen LogP contribution in [-0.4, -0.2) is 68.3 Å². The molecule has 2 rings (SSSR count). The van der Waals surface area contributed by atoms with Crippen LogP contribution in [0, 0.1) is 20.2 Å². The van der Waals surface area contributed by atoms with E-state index in [0.29, 0.717) is 0 Å². The van der Waals surface area contributed by atoms with Gasteiger partial charge in [-0.3, -0.25) is 25.0 Å². The van der Waals surface area contributed by atoms with E-state index < -0.39 is 70.1 Å². The van der Waals surface area contributed by atoms with Crippen LogP contribution >= 0.6 is 0 Å². The summed E-state index contributed by atoms with van der Waals surface area (Å²) in [7, 11) is 0. The number of nitro groups is 2. The molecule has 1 aliphatic rings. The van der Waals surface area contributed by atoms with E-state index in [2.05, 4.69) is 5.32 Å². The van der Waals surface area contributed by atoms with Crippen molar-refractivity contribution in [2.45, 2.75) is 37.6 Å². The number of nitrogens with one attached hydrogen (secondary N) is 1. The van der Waals surface area contributed by atoms with Crippen molar-refractivity contribution in [1.29, 1.82) is 0 Å². The Labute approximate surface area is 151 Å². The number of nitrogens with zero attached hydrogens (tertiary/aromatic N) is 2. The highest BCUT2D eigenvalue weighted by Gasteiger charge is 2.46. The number of nitro benzene ring substituents is 2. The molecule has 4 N–H and O–H groups in total. The van der Waals surface area contributed by atoms with Crippen molar-refractivity contribution in [3.63, 3.8) is 0 Å². The molecule has 0 radical (unpaired) electrons. The number of ether oxygens (including phenoxy) is 2. The molecule has 13 heteroatoms. The summed E-state index contributed by atoms with van der Waals surface area (Å²) in [6.07, 6.45) is -6.10. The Morgan fingerprint density at radius 3 is 2.44 bits per heavy atom. The fourth-order valence-electron chi connectivity index (χ4n) is 2.56. The third kappa shape index (κ3) is 4.46. The van der Waals surface area contributed by atoms with E-state index in [1.54, 1.807) is 0 Å². The fourth-order valence-corrected chi connectivity index (χ4v) is 2.56. The van der Waals surface area contributed by atoms with Crippen molar-refractivity contribution in [3.8, 4) is 5.75 Å². The van der Waals surface area contributed by atoms with Crippen LogP contribution in [0.3, 0.4) is 0 Å². The van der Waals surface area contributed by atoms with Crippen molar-refractivity contribution in [1.82, 2.24) is 5.32 Å². The number of benzene rings is 1. The van der Waals surface area contributed by atoms with Gasteiger partial charge in [-0.1, -0.05) is 0 Å². The Bertz CT molecular complexity index is 742. The lowest BCUT2D eigenvalue weighted by molar-refractivity contribution is -0.390. The van der Waals surface area contributed by atoms with Crippen LogP contribution in [0.2, 0.25) is 0 Å². The number of hydrogen-bond acceptors (Lipinski definition) is 10. The first kappa shape index (κ1) is 20.4. The molecule has 0 unspecified atom stereocenters. The quantitative estimate of drug-likeness (QED) is 0.341. The van der Waals surface area contributed by atoms with E-state index in [-0.39, 0.29) is 0 Å². The second-order valence-electron chi connectivity index (χ2n) is 5.72. The second kappa shape index (κ2) is 8.22. The predicted octanol–water partition coefficient (Wildman–Crippen LogP) is -1.17. The second-order valence-corrected chi connectivity index (χ2v) is 5.72. The zero-order chi connectivity index (χ0) is 20.3. The van der Waals surface area contributed by atoms with Crippen LogP contribution in [-0.2, 0) is 9.53 Å². The lowest BCUT2D eigenvalue weighted by Crippen LogP contribution is -2.65. The SMILES string of the molecule is CC(=O)N[C@H]1[C@H](Oc2cc([N+](=O)[O-])ccc2[N+](=O)[O-])O[C@H](CO)[C@@H](O)[C@@H]1O. The summed E-state index contributed by atoms with van der Waals surface area (Å²) < 4.78 is 10.6. The number of carbonyl (C=O) groups is 1. The molecule has 1 aromatic rings. The van der Waals surface area contributed by atoms with Gasteiger partial charge in [-0.25, -0.2) is 0 Å². The third-order valence-corrected chi connectivity index (χ3v) is 3.84. The van der Waals surface area contributed by atoms with Crippen LogP contribution in [0.15, 0.2) is 18.2 Å². The molecule has 1 amide bonds. The number of aliphatic hydroxyl groups is 3. The monoisotopic (exact) mass is 387 g/mol. The number of rotatable bonds is 6. The highest BCUT2D eigenvalue weighted by molar-refractivity contribution is 5.73. The maximum atomic E-state index is 11.4. The topological polar surface area (TPSA) is 195 Å². The molecule has 0 aromatic heterocycles. The molecule has 27 heavy (non-hydrogen) atoms. The predicted molar refractivity (Wildman–Crippen MR) is 85.7 cm³/mol. The van der Waals surface area contributed by atoms with Gasteiger partial charge in [-0.05, 0) is 0 Å². The van der Waals surface area contributed by atoms with E-state index in [0.717, 1.165) is 25.1 Å². The number of aliphatic hydroxyl groups excluding tert-OH is 3. The van der Waals surface area contributed by atoms with Gasteiger partial charge in [0.05, 0.1) is 22.5 Å². The molecule has 148 valence electrons. The average molecular weight is 387 g/mol. The van der Waals surface area contributed by atoms with E-state index in [9.17, 15) is 40.3 Å². The Balaban J connectivity index is 2.41. The smallest absolute Gasteiger partial charge is 0.311 e. The summed E-state index contributed by atoms with van der Waals surface area (Å²) in [5, 5.41) is 53.7. The molecule has 5 atom stereocenters. The minimum absolute atomic E-state index is 0.498. The van der Waals surface area contributed by atoms with Gasteiger partial charge in [0, 0.05) is 19.1 Å². The zero-order valence-corrected chi connectivity index (χ0v) is 13.9. The molecule has 1 aromatic carbocycles. The van der Waals surface area contributed by atoms with Gasteiger partial charge in [0.15, 0.2) is 0 Å². The maximum absolute atomic E-state index is 11.4. The summed E-state index contributed by atoms with van der Waals surface area (Å²) >= 11 is 0. The standard InChI is InChI=1S/C14H17N3O10/c1-6(19)15-11-13(21)12(20)10(5-18)27-14(11)26-9-4-7(16(22)23)2-3-8(9)17(24)25/h2-4,10-14,18,20-21H,5H2,1H3,(H,15,19)/t10-,11-,12-,13-,14-/m1/s1. The van der Waals surface area contributed by atoms with Crippen molar-refractivity contribution < 1.29 is 39.4 Å². The third-order valence-electron chi connectivity index (χ3n) is 3.84. The first-order chi connectivity index (χ1) is 12.6. The number of carbonyl (C=O) groups excluding carboxylic acids is 1. The largest absolute Gasteiger partial charge is 0.455 e. The van der Waals surface area contributed by atoms with Gasteiger partial charge in [-0.2, -0.15) is 0 Å². The minimum Gasteiger partial charge on any atom is -0.455 e. The lowest BCUT2D eigenvalue weighted by atomic mass is 9.97. The maximum Gasteiger partial charge on any atom is 0.311 e. The van der Waals surface area contributed by atoms with Crippen molar-refractivity contribution in [3.05, 3.63) is 38.4 Å². The Kier molecular flexibility index (Phi) is 6.22. The molecule has 0 bridgehead atoms. The van der Waals surface area contributed by atoms with E-state index in [1.807, 2.05) is 0 Å². The van der Waals surface area contributed by atoms with Gasteiger partial charge < -0.3 is 30.1 Å². The average Bonchev–Trinajstić information content (AvgIpc) is 2.60. The summed E-state index contributed by atoms with van der Waals surface area (Å²) in [5.74, 6) is -1.17. The van der Waals surface area contributed by atoms with E-state index in [1.165, 1.54) is 0 Å². The van der Waals surface area contributed by atoms with Gasteiger partial charge >= 0.3 is 5.69 Å². The molecule has 1 heterocycles. The Morgan fingerprint density at radius 1 is 1.26 bits per heavy atom. The van der Waals surface area contributed by atoms with Crippen molar-refractivity contribution in [2.75, 3.05) is 6.61 Å². The molecule has 0 aliphatic carbocycles. The van der Waals surface area contributed by atoms with Crippen molar-refractivity contribution >= 4 is 17.3 Å². The summed E-state index contributed by atoms with van der Waals surface area (Å²) in [6, 6.07) is 1.20. The lowest BCUT2D eigenvalue weighted by Gasteiger charge is -2.41. The fraction of sp³-hybridized carbons (Fsp3) is 0.500. The molecule has 0 spiro atoms.